The third kappa shape index (κ3) is 18.7. The van der Waals surface area contributed by atoms with Gasteiger partial charge in [0.1, 0.15) is 11.4 Å². The minimum Gasteiger partial charge on any atom is -0.494 e. The lowest BCUT2D eigenvalue weighted by Crippen LogP contribution is -2.51. The molecule has 1 aromatic rings. The molecule has 2 heterocycles. The van der Waals surface area contributed by atoms with E-state index in [1.165, 1.54) is 43.2 Å². The number of carbonyl (C=O) groups excluding carboxylic acids is 1. The molecule has 0 saturated heterocycles. The average Bonchev–Trinajstić information content (AvgIpc) is 3.57. The molecule has 2 aliphatic rings. The molecular weight excluding hydrogens is 753 g/mol. The third-order valence-corrected chi connectivity index (χ3v) is 10.5. The summed E-state index contributed by atoms with van der Waals surface area (Å²) in [6, 6.07) is 7.96. The first-order valence-corrected chi connectivity index (χ1v) is 21.6. The molecule has 322 valence electrons. The number of hydrogen-bond donors (Lipinski definition) is 3. The van der Waals surface area contributed by atoms with Crippen LogP contribution in [0.4, 0.5) is 4.79 Å². The quantitative estimate of drug-likeness (QED) is 0.0390. The summed E-state index contributed by atoms with van der Waals surface area (Å²) in [4.78, 5) is 28.7. The van der Waals surface area contributed by atoms with Gasteiger partial charge in [0.25, 0.3) is 0 Å². The number of nitrogens with one attached hydrogen (secondary N) is 3. The second-order valence-corrected chi connectivity index (χ2v) is 19.3. The summed E-state index contributed by atoms with van der Waals surface area (Å²) in [5.41, 5.74) is 1.77. The van der Waals surface area contributed by atoms with Crippen LogP contribution < -0.4 is 20.9 Å². The normalized spacial score (nSPS) is 15.8. The van der Waals surface area contributed by atoms with Crippen LogP contribution in [0, 0.1) is 10.1 Å². The maximum atomic E-state index is 13.8. The SMILES string of the molecule is CC(C)(C)OC(=O)N[C@](C)(CCc1ccc(OCCCCCCCCCCCNC2=CC=C([N+](=O)[O-])N3ONC=C23)cc1)COP(=O)(OC(C)(C)C)OC(C)(C)C. The Labute approximate surface area is 339 Å². The van der Waals surface area contributed by atoms with Crippen molar-refractivity contribution in [3.63, 3.8) is 0 Å². The van der Waals surface area contributed by atoms with Gasteiger partial charge in [0.2, 0.25) is 5.70 Å². The minimum atomic E-state index is -4.02. The second-order valence-electron chi connectivity index (χ2n) is 17.8. The van der Waals surface area contributed by atoms with Crippen LogP contribution in [0.1, 0.15) is 139 Å². The van der Waals surface area contributed by atoms with E-state index < -0.39 is 41.2 Å². The molecular formula is C41H68N5O10P. The third-order valence-electron chi connectivity index (χ3n) is 8.54. The van der Waals surface area contributed by atoms with Crippen LogP contribution in [0.2, 0.25) is 0 Å². The van der Waals surface area contributed by atoms with Crippen molar-refractivity contribution < 1.29 is 42.3 Å². The minimum absolute atomic E-state index is 0.128. The van der Waals surface area contributed by atoms with Crippen LogP contribution in [-0.2, 0) is 34.2 Å². The van der Waals surface area contributed by atoms with E-state index in [0.29, 0.717) is 25.1 Å². The Bertz CT molecular complexity index is 1570. The van der Waals surface area contributed by atoms with Crippen LogP contribution in [0.5, 0.6) is 5.75 Å². The van der Waals surface area contributed by atoms with Gasteiger partial charge in [0.15, 0.2) is 0 Å². The van der Waals surface area contributed by atoms with Gasteiger partial charge >= 0.3 is 19.7 Å². The average molecular weight is 822 g/mol. The fraction of sp³-hybridized carbons (Fsp3) is 0.683. The van der Waals surface area contributed by atoms with E-state index in [2.05, 4.69) is 16.1 Å². The zero-order chi connectivity index (χ0) is 42.3. The summed E-state index contributed by atoms with van der Waals surface area (Å²) in [5.74, 6) is 0.681. The number of nitro groups is 1. The maximum Gasteiger partial charge on any atom is 0.475 e. The molecule has 0 radical (unpaired) electrons. The highest BCUT2D eigenvalue weighted by atomic mass is 31.2. The van der Waals surface area contributed by atoms with Crippen LogP contribution in [0.3, 0.4) is 0 Å². The highest BCUT2D eigenvalue weighted by Gasteiger charge is 2.41. The molecule has 0 fully saturated rings. The summed E-state index contributed by atoms with van der Waals surface area (Å²) in [7, 11) is -4.02. The van der Waals surface area contributed by atoms with Crippen LogP contribution in [0.25, 0.3) is 0 Å². The molecule has 57 heavy (non-hydrogen) atoms. The molecule has 1 aromatic carbocycles. The van der Waals surface area contributed by atoms with E-state index in [9.17, 15) is 19.5 Å². The summed E-state index contributed by atoms with van der Waals surface area (Å²) in [5, 5.41) is 18.7. The molecule has 3 N–H and O–H groups in total. The van der Waals surface area contributed by atoms with E-state index in [1.807, 2.05) is 31.2 Å². The van der Waals surface area contributed by atoms with E-state index in [1.54, 1.807) is 74.6 Å². The van der Waals surface area contributed by atoms with Crippen molar-refractivity contribution in [2.75, 3.05) is 19.8 Å². The Hall–Kier alpha value is -3.62. The number of carbonyl (C=O) groups is 1. The predicted octanol–water partition coefficient (Wildman–Crippen LogP) is 9.75. The van der Waals surface area contributed by atoms with Crippen molar-refractivity contribution in [3.05, 3.63) is 75.5 Å². The molecule has 16 heteroatoms. The Morgan fingerprint density at radius 3 is 1.98 bits per heavy atom. The number of nitrogens with zero attached hydrogens (tertiary/aromatic N) is 2. The number of alkyl carbamates (subject to hydrolysis) is 1. The molecule has 0 aliphatic carbocycles. The van der Waals surface area contributed by atoms with Gasteiger partial charge in [-0.15, -0.1) is 0 Å². The summed E-state index contributed by atoms with van der Waals surface area (Å²) < 4.78 is 42.9. The number of fused-ring (bicyclic) bond motifs is 1. The van der Waals surface area contributed by atoms with Gasteiger partial charge in [-0.1, -0.05) is 62.0 Å². The Morgan fingerprint density at radius 2 is 1.42 bits per heavy atom. The summed E-state index contributed by atoms with van der Waals surface area (Å²) in [6.07, 6.45) is 15.5. The van der Waals surface area contributed by atoms with E-state index >= 15 is 0 Å². The number of aryl methyl sites for hydroxylation is 1. The molecule has 2 aliphatic heterocycles. The standard InChI is InChI=1S/C41H68N5O10P/c1-38(2,3)53-37(47)44-41(10,31-52-57(50,54-39(4,5)6)55-40(7,8)9)27-26-32-20-22-33(23-21-32)51-29-19-17-15-13-11-12-14-16-18-28-42-34-24-25-36(46(48)49)45-35(34)30-43-56-45/h20-25,30,42-43H,11-19,26-29,31H2,1-10H3,(H,44,47)/t41-/m1/s1. The Kier molecular flexibility index (Phi) is 17.9. The highest BCUT2D eigenvalue weighted by molar-refractivity contribution is 7.48. The number of unbranched alkanes of at least 4 members (excludes halogenated alkanes) is 8. The number of benzene rings is 1. The topological polar surface area (TPSA) is 172 Å². The van der Waals surface area contributed by atoms with Crippen LogP contribution >= 0.6 is 7.82 Å². The van der Waals surface area contributed by atoms with Crippen molar-refractivity contribution in [3.8, 4) is 5.75 Å². The smallest absolute Gasteiger partial charge is 0.475 e. The molecule has 0 bridgehead atoms. The van der Waals surface area contributed by atoms with Crippen molar-refractivity contribution in [1.29, 1.82) is 0 Å². The van der Waals surface area contributed by atoms with Crippen LogP contribution in [0.15, 0.2) is 59.8 Å². The molecule has 0 unspecified atom stereocenters. The largest absolute Gasteiger partial charge is 0.494 e. The first-order chi connectivity index (χ1) is 26.6. The van der Waals surface area contributed by atoms with Crippen molar-refractivity contribution >= 4 is 13.9 Å². The molecule has 3 rings (SSSR count). The molecule has 15 nitrogen and oxygen atoms in total. The zero-order valence-electron chi connectivity index (χ0n) is 35.9. The predicted molar refractivity (Wildman–Crippen MR) is 220 cm³/mol. The van der Waals surface area contributed by atoms with Crippen LogP contribution in [-0.4, -0.2) is 58.2 Å². The van der Waals surface area contributed by atoms with Crippen molar-refractivity contribution in [2.45, 2.75) is 162 Å². The lowest BCUT2D eigenvalue weighted by molar-refractivity contribution is -0.465. The van der Waals surface area contributed by atoms with E-state index in [0.717, 1.165) is 49.2 Å². The number of phosphoric acid groups is 1. The lowest BCUT2D eigenvalue weighted by Gasteiger charge is -2.35. The zero-order valence-corrected chi connectivity index (χ0v) is 36.8. The molecule has 0 spiro atoms. The van der Waals surface area contributed by atoms with E-state index in [-0.39, 0.29) is 12.4 Å². The second kappa shape index (κ2) is 21.4. The van der Waals surface area contributed by atoms with Gasteiger partial charge in [-0.05, 0) is 129 Å². The molecule has 0 aromatic heterocycles. The number of hydroxylamine groups is 3. The first-order valence-electron chi connectivity index (χ1n) is 20.2. The molecule has 0 saturated carbocycles. The van der Waals surface area contributed by atoms with E-state index in [4.69, 9.17) is 28.0 Å². The first kappa shape index (κ1) is 47.8. The van der Waals surface area contributed by atoms with Gasteiger partial charge in [-0.3, -0.25) is 13.6 Å². The van der Waals surface area contributed by atoms with Gasteiger partial charge < -0.3 is 30.2 Å². The van der Waals surface area contributed by atoms with Crippen molar-refractivity contribution in [2.24, 2.45) is 0 Å². The summed E-state index contributed by atoms with van der Waals surface area (Å²) in [6.45, 7) is 19.2. The number of ether oxygens (including phenoxy) is 2. The number of amides is 1. The number of hydrogen-bond acceptors (Lipinski definition) is 13. The fourth-order valence-electron chi connectivity index (χ4n) is 5.93. The van der Waals surface area contributed by atoms with Gasteiger partial charge in [-0.25, -0.2) is 14.8 Å². The Morgan fingerprint density at radius 1 is 0.842 bits per heavy atom. The molecule has 1 amide bonds. The lowest BCUT2D eigenvalue weighted by atomic mass is 9.94. The summed E-state index contributed by atoms with van der Waals surface area (Å²) >= 11 is 0. The van der Waals surface area contributed by atoms with Crippen molar-refractivity contribution in [1.82, 2.24) is 21.2 Å². The fourth-order valence-corrected chi connectivity index (χ4v) is 7.86. The Balaban J connectivity index is 1.34. The number of phosphoric ester groups is 1. The molecule has 1 atom stereocenters. The van der Waals surface area contributed by atoms with Gasteiger partial charge in [0, 0.05) is 12.6 Å². The highest BCUT2D eigenvalue weighted by Crippen LogP contribution is 2.55. The monoisotopic (exact) mass is 821 g/mol. The van der Waals surface area contributed by atoms with Gasteiger partial charge in [0.05, 0.1) is 41.9 Å². The number of allylic oxidation sites excluding steroid dienone is 2. The number of rotatable bonds is 24. The van der Waals surface area contributed by atoms with Gasteiger partial charge in [-0.2, -0.15) is 0 Å². The maximum absolute atomic E-state index is 13.8.